The molecule has 0 radical (unpaired) electrons. The zero-order valence-corrected chi connectivity index (χ0v) is 12.7. The molecule has 0 aromatic heterocycles. The third kappa shape index (κ3) is 3.01. The summed E-state index contributed by atoms with van der Waals surface area (Å²) in [5.74, 6) is -2.08. The van der Waals surface area contributed by atoms with Gasteiger partial charge in [-0.15, -0.1) is 0 Å². The second kappa shape index (κ2) is 5.77. The molecule has 0 amide bonds. The number of aliphatic carboxylic acids is 1. The van der Waals surface area contributed by atoms with Crippen molar-refractivity contribution in [1.29, 1.82) is 0 Å². The molecule has 1 aromatic carbocycles. The number of carboxylic acid groups (broad SMARTS) is 1. The van der Waals surface area contributed by atoms with Crippen LogP contribution in [0.25, 0.3) is 0 Å². The summed E-state index contributed by atoms with van der Waals surface area (Å²) in [4.78, 5) is 13.1. The van der Waals surface area contributed by atoms with E-state index in [2.05, 4.69) is 15.9 Å². The summed E-state index contributed by atoms with van der Waals surface area (Å²) in [6.07, 6.45) is 1.29. The number of carbonyl (C=O) groups is 1. The van der Waals surface area contributed by atoms with Gasteiger partial charge in [-0.25, -0.2) is 8.78 Å². The fourth-order valence-corrected chi connectivity index (χ4v) is 2.96. The van der Waals surface area contributed by atoms with Crippen molar-refractivity contribution in [3.63, 3.8) is 0 Å². The zero-order chi connectivity index (χ0) is 14.9. The second-order valence-electron chi connectivity index (χ2n) is 5.50. The minimum Gasteiger partial charge on any atom is -0.481 e. The summed E-state index contributed by atoms with van der Waals surface area (Å²) in [5.41, 5.74) is -0.869. The van der Waals surface area contributed by atoms with Crippen LogP contribution in [-0.2, 0) is 11.3 Å². The molecule has 1 aliphatic rings. The Hall–Kier alpha value is -1.01. The van der Waals surface area contributed by atoms with Gasteiger partial charge < -0.3 is 5.11 Å². The molecule has 1 fully saturated rings. The van der Waals surface area contributed by atoms with E-state index in [0.29, 0.717) is 25.9 Å². The topological polar surface area (TPSA) is 40.5 Å². The predicted octanol–water partition coefficient (Wildman–Crippen LogP) is 3.41. The Morgan fingerprint density at radius 3 is 2.85 bits per heavy atom. The van der Waals surface area contributed by atoms with Gasteiger partial charge in [0.05, 0.1) is 9.89 Å². The van der Waals surface area contributed by atoms with Gasteiger partial charge in [0.15, 0.2) is 0 Å². The number of piperidine rings is 1. The summed E-state index contributed by atoms with van der Waals surface area (Å²) in [5, 5.41) is 9.25. The Morgan fingerprint density at radius 1 is 1.50 bits per heavy atom. The SMILES string of the molecule is CC1(C(=O)O)CCCN(Cc2c(F)ccc(Br)c2F)C1. The van der Waals surface area contributed by atoms with Gasteiger partial charge in [0, 0.05) is 18.7 Å². The van der Waals surface area contributed by atoms with Crippen LogP contribution in [0.1, 0.15) is 25.3 Å². The Bertz CT molecular complexity index is 538. The molecule has 0 bridgehead atoms. The highest BCUT2D eigenvalue weighted by Crippen LogP contribution is 2.31. The average molecular weight is 348 g/mol. The van der Waals surface area contributed by atoms with Crippen molar-refractivity contribution in [2.75, 3.05) is 13.1 Å². The Morgan fingerprint density at radius 2 is 2.20 bits per heavy atom. The van der Waals surface area contributed by atoms with Gasteiger partial charge in [-0.2, -0.15) is 0 Å². The van der Waals surface area contributed by atoms with E-state index in [1.54, 1.807) is 11.8 Å². The summed E-state index contributed by atoms with van der Waals surface area (Å²) in [6, 6.07) is 2.54. The van der Waals surface area contributed by atoms with Gasteiger partial charge in [0.25, 0.3) is 0 Å². The fourth-order valence-electron chi connectivity index (χ4n) is 2.59. The highest BCUT2D eigenvalue weighted by molar-refractivity contribution is 9.10. The van der Waals surface area contributed by atoms with Crippen molar-refractivity contribution >= 4 is 21.9 Å². The van der Waals surface area contributed by atoms with E-state index in [1.165, 1.54) is 12.1 Å². The molecule has 20 heavy (non-hydrogen) atoms. The van der Waals surface area contributed by atoms with E-state index in [9.17, 15) is 18.7 Å². The summed E-state index contributed by atoms with van der Waals surface area (Å²) < 4.78 is 27.9. The van der Waals surface area contributed by atoms with Crippen LogP contribution in [0, 0.1) is 17.0 Å². The third-order valence-electron chi connectivity index (χ3n) is 3.81. The molecule has 3 nitrogen and oxygen atoms in total. The van der Waals surface area contributed by atoms with Gasteiger partial charge in [-0.1, -0.05) is 0 Å². The molecule has 1 aromatic rings. The first-order valence-corrected chi connectivity index (χ1v) is 7.21. The lowest BCUT2D eigenvalue weighted by Gasteiger charge is -2.37. The Kier molecular flexibility index (Phi) is 4.44. The highest BCUT2D eigenvalue weighted by Gasteiger charge is 2.38. The number of hydrogen-bond acceptors (Lipinski definition) is 2. The minimum atomic E-state index is -0.864. The highest BCUT2D eigenvalue weighted by atomic mass is 79.9. The van der Waals surface area contributed by atoms with Crippen molar-refractivity contribution in [3.05, 3.63) is 33.8 Å². The van der Waals surface area contributed by atoms with Gasteiger partial charge in [0.1, 0.15) is 11.6 Å². The van der Waals surface area contributed by atoms with Crippen molar-refractivity contribution < 1.29 is 18.7 Å². The smallest absolute Gasteiger partial charge is 0.310 e. The Labute approximate surface area is 124 Å². The van der Waals surface area contributed by atoms with E-state index in [-0.39, 0.29) is 16.6 Å². The van der Waals surface area contributed by atoms with Crippen molar-refractivity contribution in [1.82, 2.24) is 4.90 Å². The molecule has 110 valence electrons. The number of nitrogens with zero attached hydrogens (tertiary/aromatic N) is 1. The maximum atomic E-state index is 13.9. The van der Waals surface area contributed by atoms with Gasteiger partial charge in [0.2, 0.25) is 0 Å². The molecule has 0 aliphatic carbocycles. The standard InChI is InChI=1S/C14H16BrF2NO2/c1-14(13(19)20)5-2-6-18(8-14)7-9-11(16)4-3-10(15)12(9)17/h3-4H,2,5-8H2,1H3,(H,19,20). The van der Waals surface area contributed by atoms with Crippen molar-refractivity contribution in [2.24, 2.45) is 5.41 Å². The number of rotatable bonds is 3. The molecule has 0 saturated carbocycles. The van der Waals surface area contributed by atoms with Crippen LogP contribution in [0.15, 0.2) is 16.6 Å². The molecule has 1 unspecified atom stereocenters. The van der Waals surface area contributed by atoms with E-state index in [0.717, 1.165) is 0 Å². The van der Waals surface area contributed by atoms with Crippen LogP contribution in [0.3, 0.4) is 0 Å². The predicted molar refractivity (Wildman–Crippen MR) is 74.3 cm³/mol. The van der Waals surface area contributed by atoms with E-state index in [1.807, 2.05) is 0 Å². The van der Waals surface area contributed by atoms with Crippen LogP contribution in [0.2, 0.25) is 0 Å². The molecule has 1 N–H and O–H groups in total. The molecule has 6 heteroatoms. The molecular weight excluding hydrogens is 332 g/mol. The lowest BCUT2D eigenvalue weighted by atomic mass is 9.82. The minimum absolute atomic E-state index is 0.0194. The van der Waals surface area contributed by atoms with E-state index >= 15 is 0 Å². The first-order chi connectivity index (χ1) is 9.33. The number of hydrogen-bond donors (Lipinski definition) is 1. The van der Waals surface area contributed by atoms with E-state index in [4.69, 9.17) is 0 Å². The van der Waals surface area contributed by atoms with Gasteiger partial charge in [-0.05, 0) is 54.4 Å². The fraction of sp³-hybridized carbons (Fsp3) is 0.500. The number of likely N-dealkylation sites (tertiary alicyclic amines) is 1. The summed E-state index contributed by atoms with van der Waals surface area (Å²) >= 11 is 3.04. The number of carboxylic acids is 1. The van der Waals surface area contributed by atoms with E-state index < -0.39 is 23.0 Å². The van der Waals surface area contributed by atoms with Crippen LogP contribution < -0.4 is 0 Å². The first-order valence-electron chi connectivity index (χ1n) is 6.41. The normalized spacial score (nSPS) is 23.8. The molecule has 2 rings (SSSR count). The van der Waals surface area contributed by atoms with Crippen molar-refractivity contribution in [2.45, 2.75) is 26.3 Å². The third-order valence-corrected chi connectivity index (χ3v) is 4.42. The lowest BCUT2D eigenvalue weighted by Crippen LogP contribution is -2.45. The molecule has 1 aliphatic heterocycles. The zero-order valence-electron chi connectivity index (χ0n) is 11.1. The first kappa shape index (κ1) is 15.4. The summed E-state index contributed by atoms with van der Waals surface area (Å²) in [7, 11) is 0. The maximum Gasteiger partial charge on any atom is 0.310 e. The largest absolute Gasteiger partial charge is 0.481 e. The van der Waals surface area contributed by atoms with Gasteiger partial charge in [-0.3, -0.25) is 9.69 Å². The molecule has 1 heterocycles. The number of benzene rings is 1. The monoisotopic (exact) mass is 347 g/mol. The van der Waals surface area contributed by atoms with Crippen LogP contribution >= 0.6 is 15.9 Å². The van der Waals surface area contributed by atoms with Crippen LogP contribution in [0.4, 0.5) is 8.78 Å². The summed E-state index contributed by atoms with van der Waals surface area (Å²) in [6.45, 7) is 2.71. The second-order valence-corrected chi connectivity index (χ2v) is 6.36. The molecule has 1 atom stereocenters. The average Bonchev–Trinajstić information content (AvgIpc) is 2.39. The molecule has 1 saturated heterocycles. The maximum absolute atomic E-state index is 13.9. The quantitative estimate of drug-likeness (QED) is 0.851. The van der Waals surface area contributed by atoms with Gasteiger partial charge >= 0.3 is 5.97 Å². The lowest BCUT2D eigenvalue weighted by molar-refractivity contribution is -0.151. The number of halogens is 3. The van der Waals surface area contributed by atoms with Crippen molar-refractivity contribution in [3.8, 4) is 0 Å². The van der Waals surface area contributed by atoms with Crippen LogP contribution in [-0.4, -0.2) is 29.1 Å². The molecule has 0 spiro atoms. The molecular formula is C14H16BrF2NO2. The van der Waals surface area contributed by atoms with Crippen LogP contribution in [0.5, 0.6) is 0 Å². The Balaban J connectivity index is 2.19.